The molecule has 24 heavy (non-hydrogen) atoms. The third-order valence-corrected chi connectivity index (χ3v) is 4.53. The Morgan fingerprint density at radius 2 is 1.96 bits per heavy atom. The van der Waals surface area contributed by atoms with Crippen LogP contribution in [0.5, 0.6) is 0 Å². The van der Waals surface area contributed by atoms with Gasteiger partial charge in [-0.25, -0.2) is 9.97 Å². The molecular formula is C17H26N6O. The Balaban J connectivity index is 1.71. The minimum absolute atomic E-state index is 0.734. The third-order valence-electron chi connectivity index (χ3n) is 4.53. The van der Waals surface area contributed by atoms with Gasteiger partial charge in [0.1, 0.15) is 5.82 Å². The van der Waals surface area contributed by atoms with Crippen molar-refractivity contribution in [3.63, 3.8) is 0 Å². The van der Waals surface area contributed by atoms with Crippen molar-refractivity contribution in [1.29, 1.82) is 0 Å². The van der Waals surface area contributed by atoms with E-state index >= 15 is 0 Å². The molecule has 2 aromatic rings. The van der Waals surface area contributed by atoms with Crippen LogP contribution in [-0.4, -0.2) is 64.0 Å². The van der Waals surface area contributed by atoms with Crippen LogP contribution in [-0.2, 0) is 11.8 Å². The van der Waals surface area contributed by atoms with Gasteiger partial charge < -0.3 is 10.1 Å². The second-order valence-electron chi connectivity index (χ2n) is 6.28. The number of hydrogen-bond donors (Lipinski definition) is 1. The molecule has 0 amide bonds. The van der Waals surface area contributed by atoms with Gasteiger partial charge in [0, 0.05) is 50.7 Å². The Bertz CT molecular complexity index is 705. The Kier molecular flexibility index (Phi) is 5.11. The SMILES string of the molecule is Cc1cnc(-c2c(C)nn(C)c2C)nc1NCCN1CCOCC1. The van der Waals surface area contributed by atoms with Crippen LogP contribution in [0.4, 0.5) is 5.82 Å². The molecule has 7 heteroatoms. The predicted molar refractivity (Wildman–Crippen MR) is 94.2 cm³/mol. The van der Waals surface area contributed by atoms with Crippen LogP contribution in [0.3, 0.4) is 0 Å². The summed E-state index contributed by atoms with van der Waals surface area (Å²) in [5, 5.41) is 7.92. The summed E-state index contributed by atoms with van der Waals surface area (Å²) in [6, 6.07) is 0. The monoisotopic (exact) mass is 330 g/mol. The van der Waals surface area contributed by atoms with E-state index in [0.717, 1.165) is 73.5 Å². The van der Waals surface area contributed by atoms with E-state index in [4.69, 9.17) is 9.72 Å². The maximum atomic E-state index is 5.38. The molecule has 2 aromatic heterocycles. The molecule has 1 N–H and O–H groups in total. The van der Waals surface area contributed by atoms with Gasteiger partial charge in [0.05, 0.1) is 24.5 Å². The van der Waals surface area contributed by atoms with Gasteiger partial charge in [-0.2, -0.15) is 5.10 Å². The lowest BCUT2D eigenvalue weighted by atomic mass is 10.2. The predicted octanol–water partition coefficient (Wildman–Crippen LogP) is 1.55. The first-order valence-electron chi connectivity index (χ1n) is 8.44. The summed E-state index contributed by atoms with van der Waals surface area (Å²) in [6.07, 6.45) is 1.88. The van der Waals surface area contributed by atoms with Crippen LogP contribution in [0, 0.1) is 20.8 Å². The fourth-order valence-corrected chi connectivity index (χ4v) is 3.00. The number of nitrogens with one attached hydrogen (secondary N) is 1. The van der Waals surface area contributed by atoms with Crippen LogP contribution in [0.15, 0.2) is 6.20 Å². The Morgan fingerprint density at radius 3 is 2.62 bits per heavy atom. The topological polar surface area (TPSA) is 68.1 Å². The molecule has 7 nitrogen and oxygen atoms in total. The molecule has 1 fully saturated rings. The smallest absolute Gasteiger partial charge is 0.165 e. The molecule has 130 valence electrons. The average Bonchev–Trinajstić information content (AvgIpc) is 2.83. The van der Waals surface area contributed by atoms with Crippen LogP contribution in [0.1, 0.15) is 17.0 Å². The van der Waals surface area contributed by atoms with E-state index in [1.165, 1.54) is 0 Å². The first kappa shape index (κ1) is 16.9. The number of rotatable bonds is 5. The highest BCUT2D eigenvalue weighted by Crippen LogP contribution is 2.25. The standard InChI is InChI=1S/C17H26N6O/c1-12-11-19-17(15-13(2)21-22(4)14(15)3)20-16(12)18-5-6-23-7-9-24-10-8-23/h11H,5-10H2,1-4H3,(H,18,19,20). The lowest BCUT2D eigenvalue weighted by Gasteiger charge is -2.26. The molecule has 1 saturated heterocycles. The summed E-state index contributed by atoms with van der Waals surface area (Å²) in [5.74, 6) is 1.63. The van der Waals surface area contributed by atoms with E-state index in [1.807, 2.05) is 38.7 Å². The highest BCUT2D eigenvalue weighted by molar-refractivity contribution is 5.63. The van der Waals surface area contributed by atoms with Gasteiger partial charge in [-0.15, -0.1) is 0 Å². The number of aryl methyl sites for hydroxylation is 3. The zero-order valence-corrected chi connectivity index (χ0v) is 15.0. The van der Waals surface area contributed by atoms with Crippen LogP contribution >= 0.6 is 0 Å². The second-order valence-corrected chi connectivity index (χ2v) is 6.28. The normalized spacial score (nSPS) is 15.7. The molecule has 1 aliphatic heterocycles. The van der Waals surface area contributed by atoms with Crippen molar-refractivity contribution in [3.05, 3.63) is 23.1 Å². The van der Waals surface area contributed by atoms with E-state index in [9.17, 15) is 0 Å². The maximum Gasteiger partial charge on any atom is 0.165 e. The zero-order chi connectivity index (χ0) is 17.1. The highest BCUT2D eigenvalue weighted by atomic mass is 16.5. The Hall–Kier alpha value is -1.99. The number of hydrogen-bond acceptors (Lipinski definition) is 6. The molecule has 0 aliphatic carbocycles. The first-order chi connectivity index (χ1) is 11.6. The molecule has 3 heterocycles. The van der Waals surface area contributed by atoms with Gasteiger partial charge in [0.2, 0.25) is 0 Å². The molecule has 0 saturated carbocycles. The molecule has 0 bridgehead atoms. The number of nitrogens with zero attached hydrogens (tertiary/aromatic N) is 5. The van der Waals surface area contributed by atoms with Crippen molar-refractivity contribution in [2.75, 3.05) is 44.7 Å². The van der Waals surface area contributed by atoms with Crippen LogP contribution in [0.2, 0.25) is 0 Å². The maximum absolute atomic E-state index is 5.38. The fraction of sp³-hybridized carbons (Fsp3) is 0.588. The largest absolute Gasteiger partial charge is 0.379 e. The van der Waals surface area contributed by atoms with Crippen molar-refractivity contribution >= 4 is 5.82 Å². The van der Waals surface area contributed by atoms with Gasteiger partial charge in [-0.1, -0.05) is 0 Å². The van der Waals surface area contributed by atoms with E-state index < -0.39 is 0 Å². The van der Waals surface area contributed by atoms with Gasteiger partial charge in [0.15, 0.2) is 5.82 Å². The summed E-state index contributed by atoms with van der Waals surface area (Å²) < 4.78 is 7.26. The van der Waals surface area contributed by atoms with Gasteiger partial charge in [-0.3, -0.25) is 9.58 Å². The molecule has 0 atom stereocenters. The highest BCUT2D eigenvalue weighted by Gasteiger charge is 2.16. The quantitative estimate of drug-likeness (QED) is 0.897. The minimum atomic E-state index is 0.734. The van der Waals surface area contributed by atoms with Gasteiger partial charge in [0.25, 0.3) is 0 Å². The van der Waals surface area contributed by atoms with Gasteiger partial charge >= 0.3 is 0 Å². The molecule has 0 spiro atoms. The molecule has 1 aliphatic rings. The van der Waals surface area contributed by atoms with E-state index in [-0.39, 0.29) is 0 Å². The first-order valence-corrected chi connectivity index (χ1v) is 8.44. The van der Waals surface area contributed by atoms with Crippen molar-refractivity contribution in [2.24, 2.45) is 7.05 Å². The van der Waals surface area contributed by atoms with Crippen LogP contribution < -0.4 is 5.32 Å². The second kappa shape index (κ2) is 7.27. The van der Waals surface area contributed by atoms with Gasteiger partial charge in [-0.05, 0) is 20.8 Å². The number of ether oxygens (including phenoxy) is 1. The number of morpholine rings is 1. The molecule has 0 radical (unpaired) electrons. The summed E-state index contributed by atoms with van der Waals surface area (Å²) in [7, 11) is 1.95. The van der Waals surface area contributed by atoms with E-state index in [1.54, 1.807) is 0 Å². The van der Waals surface area contributed by atoms with Crippen molar-refractivity contribution in [2.45, 2.75) is 20.8 Å². The zero-order valence-electron chi connectivity index (χ0n) is 15.0. The number of aromatic nitrogens is 4. The van der Waals surface area contributed by atoms with Crippen molar-refractivity contribution in [1.82, 2.24) is 24.6 Å². The van der Waals surface area contributed by atoms with Crippen LogP contribution in [0.25, 0.3) is 11.4 Å². The summed E-state index contributed by atoms with van der Waals surface area (Å²) in [5.41, 5.74) is 4.11. The number of anilines is 1. The Morgan fingerprint density at radius 1 is 1.21 bits per heavy atom. The molecular weight excluding hydrogens is 304 g/mol. The molecule has 0 aromatic carbocycles. The lowest BCUT2D eigenvalue weighted by molar-refractivity contribution is 0.0398. The van der Waals surface area contributed by atoms with E-state index in [0.29, 0.717) is 0 Å². The van der Waals surface area contributed by atoms with Crippen molar-refractivity contribution in [3.8, 4) is 11.4 Å². The third kappa shape index (κ3) is 3.57. The van der Waals surface area contributed by atoms with Crippen molar-refractivity contribution < 1.29 is 4.74 Å². The molecule has 0 unspecified atom stereocenters. The summed E-state index contributed by atoms with van der Waals surface area (Å²) >= 11 is 0. The summed E-state index contributed by atoms with van der Waals surface area (Å²) in [6.45, 7) is 11.6. The molecule has 3 rings (SSSR count). The average molecular weight is 330 g/mol. The Labute approximate surface area is 143 Å². The van der Waals surface area contributed by atoms with E-state index in [2.05, 4.69) is 20.3 Å². The lowest BCUT2D eigenvalue weighted by Crippen LogP contribution is -2.39. The fourth-order valence-electron chi connectivity index (χ4n) is 3.00. The minimum Gasteiger partial charge on any atom is -0.379 e. The summed E-state index contributed by atoms with van der Waals surface area (Å²) in [4.78, 5) is 11.7.